The first-order chi connectivity index (χ1) is 5.88. The molecular weight excluding hydrogens is 221 g/mol. The fraction of sp³-hybridized carbons (Fsp3) is 0. The van der Waals surface area contributed by atoms with Gasteiger partial charge in [0, 0.05) is 5.38 Å². The smallest absolute Gasteiger partial charge is 0.476 e. The summed E-state index contributed by atoms with van der Waals surface area (Å²) in [5.41, 5.74) is -0.312. The van der Waals surface area contributed by atoms with Gasteiger partial charge in [-0.25, -0.2) is 9.36 Å². The first-order valence-electron chi connectivity index (χ1n) is 2.82. The van der Waals surface area contributed by atoms with Crippen molar-refractivity contribution in [2.45, 2.75) is 0 Å². The van der Waals surface area contributed by atoms with E-state index in [2.05, 4.69) is 9.51 Å². The molecule has 0 aliphatic heterocycles. The molecule has 1 rings (SSSR count). The lowest BCUT2D eigenvalue weighted by Gasteiger charge is -2.00. The molecule has 0 unspecified atom stereocenters. The normalized spacial score (nSPS) is 11.2. The van der Waals surface area contributed by atoms with Crippen molar-refractivity contribution in [2.24, 2.45) is 0 Å². The summed E-state index contributed by atoms with van der Waals surface area (Å²) in [7, 11) is -4.65. The zero-order valence-electron chi connectivity index (χ0n) is 5.95. The fourth-order valence-electron chi connectivity index (χ4n) is 0.499. The molecule has 1 aromatic heterocycles. The highest BCUT2D eigenvalue weighted by atomic mass is 32.1. The molecular formula is C4H4NO6PS. The van der Waals surface area contributed by atoms with Gasteiger partial charge in [0.05, 0.1) is 0 Å². The Morgan fingerprint density at radius 2 is 2.23 bits per heavy atom. The maximum Gasteiger partial charge on any atom is 0.526 e. The molecule has 1 aromatic rings. The number of rotatable bonds is 3. The summed E-state index contributed by atoms with van der Waals surface area (Å²) in [5, 5.41) is 9.14. The van der Waals surface area contributed by atoms with E-state index in [1.807, 2.05) is 0 Å². The molecule has 0 fully saturated rings. The Morgan fingerprint density at radius 3 is 2.62 bits per heavy atom. The van der Waals surface area contributed by atoms with Crippen LogP contribution in [0.15, 0.2) is 5.38 Å². The van der Waals surface area contributed by atoms with Gasteiger partial charge in [0.1, 0.15) is 0 Å². The van der Waals surface area contributed by atoms with Crippen molar-refractivity contribution in [3.63, 3.8) is 0 Å². The summed E-state index contributed by atoms with van der Waals surface area (Å²) in [6.45, 7) is 0. The van der Waals surface area contributed by atoms with Gasteiger partial charge < -0.3 is 9.63 Å². The number of thiazole rings is 1. The zero-order chi connectivity index (χ0) is 10.1. The van der Waals surface area contributed by atoms with Crippen molar-refractivity contribution < 1.29 is 28.8 Å². The van der Waals surface area contributed by atoms with Gasteiger partial charge in [0.2, 0.25) is 0 Å². The summed E-state index contributed by atoms with van der Waals surface area (Å²) in [5.74, 6) is -1.28. The third kappa shape index (κ3) is 3.11. The number of aromatic nitrogens is 1. The molecule has 0 aliphatic rings. The number of hydrogen-bond donors (Lipinski definition) is 3. The Morgan fingerprint density at radius 1 is 1.62 bits per heavy atom. The van der Waals surface area contributed by atoms with Gasteiger partial charge in [-0.15, -0.1) is 0 Å². The molecule has 0 saturated heterocycles. The van der Waals surface area contributed by atoms with E-state index in [0.29, 0.717) is 11.3 Å². The van der Waals surface area contributed by atoms with Crippen molar-refractivity contribution in [3.8, 4) is 5.19 Å². The average molecular weight is 225 g/mol. The molecule has 0 radical (unpaired) electrons. The van der Waals surface area contributed by atoms with Crippen LogP contribution in [0.5, 0.6) is 5.19 Å². The Hall–Kier alpha value is -0.950. The summed E-state index contributed by atoms with van der Waals surface area (Å²) >= 11 is 0.698. The van der Waals surface area contributed by atoms with Gasteiger partial charge >= 0.3 is 13.8 Å². The van der Waals surface area contributed by atoms with Crippen LogP contribution in [0.3, 0.4) is 0 Å². The van der Waals surface area contributed by atoms with E-state index in [9.17, 15) is 9.36 Å². The molecule has 0 aliphatic carbocycles. The molecule has 0 amide bonds. The van der Waals surface area contributed by atoms with Crippen molar-refractivity contribution in [2.75, 3.05) is 0 Å². The predicted molar refractivity (Wildman–Crippen MR) is 41.7 cm³/mol. The van der Waals surface area contributed by atoms with Crippen LogP contribution < -0.4 is 4.52 Å². The molecule has 7 nitrogen and oxygen atoms in total. The zero-order valence-corrected chi connectivity index (χ0v) is 7.66. The molecule has 0 spiro atoms. The van der Waals surface area contributed by atoms with Crippen LogP contribution in [0.1, 0.15) is 10.5 Å². The minimum Gasteiger partial charge on any atom is -0.476 e. The quantitative estimate of drug-likeness (QED) is 0.633. The minimum atomic E-state index is -4.65. The van der Waals surface area contributed by atoms with E-state index >= 15 is 0 Å². The Labute approximate surface area is 75.9 Å². The van der Waals surface area contributed by atoms with Crippen LogP contribution in [0.2, 0.25) is 0 Å². The highest BCUT2D eigenvalue weighted by molar-refractivity contribution is 7.47. The molecule has 13 heavy (non-hydrogen) atoms. The van der Waals surface area contributed by atoms with Crippen LogP contribution in [0.25, 0.3) is 0 Å². The topological polar surface area (TPSA) is 117 Å². The lowest BCUT2D eigenvalue weighted by molar-refractivity contribution is 0.0690. The van der Waals surface area contributed by atoms with E-state index in [4.69, 9.17) is 14.9 Å². The molecule has 0 bridgehead atoms. The minimum absolute atomic E-state index is 0.312. The first-order valence-corrected chi connectivity index (χ1v) is 5.23. The second kappa shape index (κ2) is 3.43. The Balaban J connectivity index is 2.81. The Bertz CT molecular complexity index is 368. The molecule has 0 saturated carbocycles. The number of nitrogens with zero attached hydrogens (tertiary/aromatic N) is 1. The molecule has 72 valence electrons. The second-order valence-corrected chi connectivity index (χ2v) is 3.87. The largest absolute Gasteiger partial charge is 0.526 e. The lowest BCUT2D eigenvalue weighted by Crippen LogP contribution is -1.96. The van der Waals surface area contributed by atoms with E-state index < -0.39 is 13.8 Å². The number of phosphoric ester groups is 1. The third-order valence-electron chi connectivity index (χ3n) is 0.899. The number of carboxylic acid groups (broad SMARTS) is 1. The Kier molecular flexibility index (Phi) is 2.67. The van der Waals surface area contributed by atoms with Gasteiger partial charge in [0.15, 0.2) is 5.69 Å². The van der Waals surface area contributed by atoms with Crippen LogP contribution in [-0.4, -0.2) is 25.8 Å². The summed E-state index contributed by atoms with van der Waals surface area (Å²) in [4.78, 5) is 30.2. The van der Waals surface area contributed by atoms with Crippen LogP contribution in [0.4, 0.5) is 0 Å². The molecule has 1 heterocycles. The van der Waals surface area contributed by atoms with E-state index in [0.717, 1.165) is 5.38 Å². The second-order valence-electron chi connectivity index (χ2n) is 1.89. The predicted octanol–water partition coefficient (Wildman–Crippen LogP) is 0.313. The van der Waals surface area contributed by atoms with Crippen LogP contribution in [-0.2, 0) is 4.57 Å². The highest BCUT2D eigenvalue weighted by Gasteiger charge is 2.19. The SMILES string of the molecule is O=C(O)c1csc(OP(=O)(O)O)n1. The number of carbonyl (C=O) groups is 1. The summed E-state index contributed by atoms with van der Waals surface area (Å²) in [6.07, 6.45) is 0. The standard InChI is InChI=1S/C4H4NO6PS/c6-3(7)2-1-13-4(5-2)11-12(8,9)10/h1H,(H,6,7)(H2,8,9,10). The van der Waals surface area contributed by atoms with Crippen molar-refractivity contribution in [3.05, 3.63) is 11.1 Å². The van der Waals surface area contributed by atoms with Gasteiger partial charge in [-0.2, -0.15) is 4.98 Å². The maximum absolute atomic E-state index is 10.3. The van der Waals surface area contributed by atoms with E-state index in [1.165, 1.54) is 0 Å². The average Bonchev–Trinajstić information content (AvgIpc) is 2.31. The first kappa shape index (κ1) is 10.1. The van der Waals surface area contributed by atoms with Gasteiger partial charge in [-0.1, -0.05) is 11.3 Å². The number of carboxylic acids is 1. The monoisotopic (exact) mass is 225 g/mol. The molecule has 3 N–H and O–H groups in total. The number of aromatic carboxylic acids is 1. The fourth-order valence-corrected chi connectivity index (χ4v) is 1.72. The maximum atomic E-state index is 10.3. The van der Waals surface area contributed by atoms with Crippen molar-refractivity contribution in [1.29, 1.82) is 0 Å². The van der Waals surface area contributed by atoms with Gasteiger partial charge in [-0.3, -0.25) is 9.79 Å². The lowest BCUT2D eigenvalue weighted by atomic mass is 10.5. The molecule has 9 heteroatoms. The van der Waals surface area contributed by atoms with Crippen molar-refractivity contribution >= 4 is 25.1 Å². The third-order valence-corrected chi connectivity index (χ3v) is 2.15. The molecule has 0 aromatic carbocycles. The van der Waals surface area contributed by atoms with Crippen molar-refractivity contribution in [1.82, 2.24) is 4.98 Å². The van der Waals surface area contributed by atoms with Crippen LogP contribution in [0, 0.1) is 0 Å². The van der Waals surface area contributed by atoms with Gasteiger partial charge in [0.25, 0.3) is 5.19 Å². The van der Waals surface area contributed by atoms with E-state index in [1.54, 1.807) is 0 Å². The van der Waals surface area contributed by atoms with Gasteiger partial charge in [-0.05, 0) is 0 Å². The van der Waals surface area contributed by atoms with E-state index in [-0.39, 0.29) is 10.9 Å². The summed E-state index contributed by atoms with van der Waals surface area (Å²) in [6, 6.07) is 0. The summed E-state index contributed by atoms with van der Waals surface area (Å²) < 4.78 is 14.3. The molecule has 0 atom stereocenters. The van der Waals surface area contributed by atoms with Crippen LogP contribution >= 0.6 is 19.2 Å². The number of phosphoric acid groups is 1. The highest BCUT2D eigenvalue weighted by Crippen LogP contribution is 2.38. The number of hydrogen-bond acceptors (Lipinski definition) is 5.